The van der Waals surface area contributed by atoms with Gasteiger partial charge in [-0.2, -0.15) is 0 Å². The van der Waals surface area contributed by atoms with Gasteiger partial charge in [-0.05, 0) is 42.9 Å². The highest BCUT2D eigenvalue weighted by atomic mass is 19.1. The summed E-state index contributed by atoms with van der Waals surface area (Å²) in [5.74, 6) is 0.130. The normalized spacial score (nSPS) is 16.9. The van der Waals surface area contributed by atoms with Gasteiger partial charge in [-0.25, -0.2) is 9.18 Å². The number of hydrogen-bond donors (Lipinski definition) is 3. The van der Waals surface area contributed by atoms with E-state index in [1.54, 1.807) is 12.1 Å². The van der Waals surface area contributed by atoms with Crippen molar-refractivity contribution in [3.8, 4) is 0 Å². The molecule has 2 amide bonds. The zero-order chi connectivity index (χ0) is 15.9. The Morgan fingerprint density at radius 1 is 1.41 bits per heavy atom. The number of benzene rings is 1. The van der Waals surface area contributed by atoms with Crippen molar-refractivity contribution in [3.63, 3.8) is 0 Å². The van der Waals surface area contributed by atoms with Gasteiger partial charge in [0, 0.05) is 13.7 Å². The first-order valence-electron chi connectivity index (χ1n) is 7.57. The van der Waals surface area contributed by atoms with E-state index in [0.717, 1.165) is 18.4 Å². The summed E-state index contributed by atoms with van der Waals surface area (Å²) >= 11 is 0. The molecule has 1 fully saturated rings. The van der Waals surface area contributed by atoms with Gasteiger partial charge in [0.1, 0.15) is 5.82 Å². The van der Waals surface area contributed by atoms with Crippen molar-refractivity contribution in [1.29, 1.82) is 0 Å². The molecule has 1 aliphatic carbocycles. The van der Waals surface area contributed by atoms with Gasteiger partial charge in [0.2, 0.25) is 0 Å². The van der Waals surface area contributed by atoms with Gasteiger partial charge in [0.05, 0.1) is 18.8 Å². The van der Waals surface area contributed by atoms with Crippen molar-refractivity contribution in [2.75, 3.05) is 20.3 Å². The summed E-state index contributed by atoms with van der Waals surface area (Å²) in [6, 6.07) is 5.87. The zero-order valence-corrected chi connectivity index (χ0v) is 12.7. The summed E-state index contributed by atoms with van der Waals surface area (Å²) in [6.07, 6.45) is 1.98. The second-order valence-corrected chi connectivity index (χ2v) is 5.66. The van der Waals surface area contributed by atoms with Gasteiger partial charge in [-0.3, -0.25) is 0 Å². The number of amides is 2. The fourth-order valence-electron chi connectivity index (χ4n) is 2.39. The molecule has 22 heavy (non-hydrogen) atoms. The molecular formula is C16H23FN2O3. The van der Waals surface area contributed by atoms with Crippen molar-refractivity contribution in [2.45, 2.75) is 31.4 Å². The van der Waals surface area contributed by atoms with Crippen molar-refractivity contribution in [3.05, 3.63) is 35.6 Å². The summed E-state index contributed by atoms with van der Waals surface area (Å²) in [7, 11) is 1.52. The Hall–Kier alpha value is -1.66. The predicted octanol–water partition coefficient (Wildman–Crippen LogP) is 1.97. The summed E-state index contributed by atoms with van der Waals surface area (Å²) in [5, 5.41) is 15.2. The van der Waals surface area contributed by atoms with Crippen molar-refractivity contribution < 1.29 is 19.0 Å². The second kappa shape index (κ2) is 8.10. The Kier molecular flexibility index (Phi) is 6.15. The third-order valence-electron chi connectivity index (χ3n) is 3.73. The molecule has 0 aliphatic heterocycles. The first kappa shape index (κ1) is 16.7. The van der Waals surface area contributed by atoms with E-state index in [9.17, 15) is 14.3 Å². The van der Waals surface area contributed by atoms with Gasteiger partial charge < -0.3 is 20.5 Å². The smallest absolute Gasteiger partial charge is 0.315 e. The molecule has 1 aromatic carbocycles. The number of methoxy groups -OCH3 is 1. The molecule has 6 heteroatoms. The van der Waals surface area contributed by atoms with E-state index in [4.69, 9.17) is 4.74 Å². The minimum atomic E-state index is -0.582. The topological polar surface area (TPSA) is 70.6 Å². The lowest BCUT2D eigenvalue weighted by atomic mass is 10.0. The number of urea groups is 1. The van der Waals surface area contributed by atoms with Crippen LogP contribution in [0, 0.1) is 11.7 Å². The average Bonchev–Trinajstić information content (AvgIpc) is 3.31. The van der Waals surface area contributed by atoms with Crippen LogP contribution in [0.4, 0.5) is 9.18 Å². The number of rotatable bonds is 8. The Morgan fingerprint density at radius 3 is 2.68 bits per heavy atom. The minimum absolute atomic E-state index is 0.0931. The van der Waals surface area contributed by atoms with Crippen LogP contribution < -0.4 is 10.6 Å². The fraction of sp³-hybridized carbons (Fsp3) is 0.562. The van der Waals surface area contributed by atoms with Gasteiger partial charge in [-0.15, -0.1) is 0 Å². The molecule has 0 aromatic heterocycles. The maximum atomic E-state index is 13.0. The van der Waals surface area contributed by atoms with Crippen LogP contribution in [-0.4, -0.2) is 37.5 Å². The van der Waals surface area contributed by atoms with Gasteiger partial charge in [0.25, 0.3) is 0 Å². The zero-order valence-electron chi connectivity index (χ0n) is 12.7. The molecule has 1 aliphatic rings. The van der Waals surface area contributed by atoms with Crippen LogP contribution in [0.1, 0.15) is 30.9 Å². The number of aliphatic hydroxyl groups is 1. The van der Waals surface area contributed by atoms with E-state index in [2.05, 4.69) is 10.6 Å². The van der Waals surface area contributed by atoms with Crippen LogP contribution in [0.3, 0.4) is 0 Å². The first-order chi connectivity index (χ1) is 10.6. The molecule has 0 saturated heterocycles. The van der Waals surface area contributed by atoms with Crippen molar-refractivity contribution in [2.24, 2.45) is 5.92 Å². The van der Waals surface area contributed by atoms with E-state index < -0.39 is 6.10 Å². The SMILES string of the molecule is COCC(O)CCNC(=O)NC(c1ccc(F)cc1)C1CC1. The van der Waals surface area contributed by atoms with Gasteiger partial charge in [-0.1, -0.05) is 12.1 Å². The Morgan fingerprint density at radius 2 is 2.09 bits per heavy atom. The third kappa shape index (κ3) is 5.27. The van der Waals surface area contributed by atoms with E-state index in [0.29, 0.717) is 18.9 Å². The molecule has 1 aromatic rings. The van der Waals surface area contributed by atoms with Crippen LogP contribution in [-0.2, 0) is 4.74 Å². The predicted molar refractivity (Wildman–Crippen MR) is 80.9 cm³/mol. The molecule has 0 radical (unpaired) electrons. The lowest BCUT2D eigenvalue weighted by Crippen LogP contribution is -2.40. The van der Waals surface area contributed by atoms with E-state index >= 15 is 0 Å². The summed E-state index contributed by atoms with van der Waals surface area (Å²) in [4.78, 5) is 12.0. The van der Waals surface area contributed by atoms with Gasteiger partial charge in [0.15, 0.2) is 0 Å². The fourth-order valence-corrected chi connectivity index (χ4v) is 2.39. The van der Waals surface area contributed by atoms with Crippen LogP contribution in [0.2, 0.25) is 0 Å². The lowest BCUT2D eigenvalue weighted by molar-refractivity contribution is 0.0598. The van der Waals surface area contributed by atoms with Crippen LogP contribution in [0.15, 0.2) is 24.3 Å². The highest BCUT2D eigenvalue weighted by molar-refractivity contribution is 5.74. The van der Waals surface area contributed by atoms with E-state index in [-0.39, 0.29) is 24.5 Å². The molecule has 5 nitrogen and oxygen atoms in total. The summed E-state index contributed by atoms with van der Waals surface area (Å²) in [6.45, 7) is 0.626. The summed E-state index contributed by atoms with van der Waals surface area (Å²) in [5.41, 5.74) is 0.915. The number of carbonyl (C=O) groups is 1. The van der Waals surface area contributed by atoms with E-state index in [1.165, 1.54) is 19.2 Å². The molecule has 2 unspecified atom stereocenters. The lowest BCUT2D eigenvalue weighted by Gasteiger charge is -2.19. The first-order valence-corrected chi connectivity index (χ1v) is 7.57. The standard InChI is InChI=1S/C16H23FN2O3/c1-22-10-14(20)8-9-18-16(21)19-15(11-2-3-11)12-4-6-13(17)7-5-12/h4-7,11,14-15,20H,2-3,8-10H2,1H3,(H2,18,19,21). The number of aliphatic hydroxyl groups excluding tert-OH is 1. The maximum absolute atomic E-state index is 13.0. The van der Waals surface area contributed by atoms with Crippen LogP contribution in [0.5, 0.6) is 0 Å². The minimum Gasteiger partial charge on any atom is -0.391 e. The number of hydrogen-bond acceptors (Lipinski definition) is 3. The number of halogens is 1. The third-order valence-corrected chi connectivity index (χ3v) is 3.73. The Labute approximate surface area is 129 Å². The average molecular weight is 310 g/mol. The van der Waals surface area contributed by atoms with Crippen molar-refractivity contribution in [1.82, 2.24) is 10.6 Å². The monoisotopic (exact) mass is 310 g/mol. The van der Waals surface area contributed by atoms with Gasteiger partial charge >= 0.3 is 6.03 Å². The molecule has 2 atom stereocenters. The van der Waals surface area contributed by atoms with Crippen LogP contribution >= 0.6 is 0 Å². The molecule has 0 heterocycles. The number of carbonyl (C=O) groups excluding carboxylic acids is 1. The van der Waals surface area contributed by atoms with Crippen molar-refractivity contribution >= 4 is 6.03 Å². The van der Waals surface area contributed by atoms with Crippen LogP contribution in [0.25, 0.3) is 0 Å². The highest BCUT2D eigenvalue weighted by Crippen LogP contribution is 2.40. The molecule has 3 N–H and O–H groups in total. The summed E-state index contributed by atoms with van der Waals surface area (Å²) < 4.78 is 17.8. The molecule has 1 saturated carbocycles. The number of ether oxygens (including phenoxy) is 1. The molecule has 0 spiro atoms. The molecular weight excluding hydrogens is 287 g/mol. The van der Waals surface area contributed by atoms with E-state index in [1.807, 2.05) is 0 Å². The maximum Gasteiger partial charge on any atom is 0.315 e. The quantitative estimate of drug-likeness (QED) is 0.687. The number of nitrogens with one attached hydrogen (secondary N) is 2. The largest absolute Gasteiger partial charge is 0.391 e. The Bertz CT molecular complexity index is 477. The second-order valence-electron chi connectivity index (χ2n) is 5.66. The highest BCUT2D eigenvalue weighted by Gasteiger charge is 2.33. The molecule has 2 rings (SSSR count). The molecule has 0 bridgehead atoms. The Balaban J connectivity index is 1.81. The molecule has 122 valence electrons.